The van der Waals surface area contributed by atoms with Gasteiger partial charge < -0.3 is 14.4 Å². The Hall–Kier alpha value is -1.85. The van der Waals surface area contributed by atoms with E-state index in [1.807, 2.05) is 13.8 Å². The maximum Gasteiger partial charge on any atom is 0.403 e. The number of aromatic nitrogens is 2. The van der Waals surface area contributed by atoms with Gasteiger partial charge in [-0.1, -0.05) is 13.8 Å². The van der Waals surface area contributed by atoms with Crippen molar-refractivity contribution in [1.82, 2.24) is 14.6 Å². The molecule has 1 aliphatic heterocycles. The molecular weight excluding hydrogens is 424 g/mol. The van der Waals surface area contributed by atoms with Crippen LogP contribution in [0.15, 0.2) is 15.8 Å². The number of ether oxygens (including phenoxy) is 2. The summed E-state index contributed by atoms with van der Waals surface area (Å²) in [6.07, 6.45) is -2.54. The lowest BCUT2D eigenvalue weighted by Crippen LogP contribution is -2.37. The number of aromatic amines is 1. The zero-order valence-corrected chi connectivity index (χ0v) is 18.1. The van der Waals surface area contributed by atoms with Gasteiger partial charge in [0, 0.05) is 18.2 Å². The smallest absolute Gasteiger partial charge is 0.403 e. The molecule has 1 fully saturated rings. The number of carbonyl (C=O) groups is 1. The van der Waals surface area contributed by atoms with Gasteiger partial charge >= 0.3 is 19.4 Å². The van der Waals surface area contributed by atoms with Gasteiger partial charge in [0.1, 0.15) is 24.5 Å². The Morgan fingerprint density at radius 2 is 2.17 bits per heavy atom. The van der Waals surface area contributed by atoms with Crippen molar-refractivity contribution in [3.05, 3.63) is 32.6 Å². The lowest BCUT2D eigenvalue weighted by atomic mass is 10.1. The lowest BCUT2D eigenvalue weighted by Gasteiger charge is -2.23. The molecule has 1 aliphatic rings. The molecule has 0 radical (unpaired) electrons. The van der Waals surface area contributed by atoms with E-state index in [-0.39, 0.29) is 24.3 Å². The molecule has 2 rings (SSSR count). The molecular formula is C17H27FN3O8P. The summed E-state index contributed by atoms with van der Waals surface area (Å²) < 4.78 is 42.7. The van der Waals surface area contributed by atoms with Gasteiger partial charge in [0.15, 0.2) is 0 Å². The maximum absolute atomic E-state index is 14.4. The number of nitrogens with zero attached hydrogens (tertiary/aromatic N) is 1. The first-order chi connectivity index (χ1) is 13.9. The minimum Gasteiger partial charge on any atom is -0.468 e. The van der Waals surface area contributed by atoms with Crippen LogP contribution in [0.3, 0.4) is 0 Å². The predicted octanol–water partition coefficient (Wildman–Crippen LogP) is 0.765. The topological polar surface area (TPSA) is 149 Å². The number of alkyl halides is 1. The van der Waals surface area contributed by atoms with E-state index in [9.17, 15) is 28.2 Å². The molecule has 0 aromatic carbocycles. The van der Waals surface area contributed by atoms with E-state index < -0.39 is 56.1 Å². The van der Waals surface area contributed by atoms with Crippen molar-refractivity contribution in [3.8, 4) is 0 Å². The molecule has 0 spiro atoms. The van der Waals surface area contributed by atoms with Crippen molar-refractivity contribution in [2.24, 2.45) is 5.92 Å². The highest BCUT2D eigenvalue weighted by atomic mass is 31.2. The average Bonchev–Trinajstić information content (AvgIpc) is 3.01. The SMILES string of the molecule is COC(=O)[C@H](CC(C)C)NP(=O)(O)OC[C@H]1O[C@@H](n2cc(C)c(=O)[nH]c2=O)C[C@@H]1F. The van der Waals surface area contributed by atoms with Crippen LogP contribution >= 0.6 is 7.75 Å². The first kappa shape index (κ1) is 24.4. The Kier molecular flexibility index (Phi) is 8.12. The highest BCUT2D eigenvalue weighted by Gasteiger charge is 2.39. The van der Waals surface area contributed by atoms with Crippen LogP contribution in [0.25, 0.3) is 0 Å². The van der Waals surface area contributed by atoms with E-state index in [2.05, 4.69) is 14.8 Å². The Balaban J connectivity index is 2.02. The normalized spacial score (nSPS) is 24.6. The number of rotatable bonds is 9. The summed E-state index contributed by atoms with van der Waals surface area (Å²) in [6, 6.07) is -1.08. The molecule has 1 aromatic rings. The van der Waals surface area contributed by atoms with Crippen LogP contribution in [-0.2, 0) is 23.4 Å². The molecule has 0 saturated carbocycles. The third-order valence-electron chi connectivity index (χ3n) is 4.54. The van der Waals surface area contributed by atoms with Gasteiger partial charge in [-0.05, 0) is 19.3 Å². The summed E-state index contributed by atoms with van der Waals surface area (Å²) in [4.78, 5) is 47.4. The predicted molar refractivity (Wildman–Crippen MR) is 104 cm³/mol. The second-order valence-electron chi connectivity index (χ2n) is 7.51. The van der Waals surface area contributed by atoms with E-state index in [1.165, 1.54) is 13.1 Å². The molecule has 170 valence electrons. The highest BCUT2D eigenvalue weighted by Crippen LogP contribution is 2.40. The summed E-state index contributed by atoms with van der Waals surface area (Å²) in [6.45, 7) is 4.54. The van der Waals surface area contributed by atoms with Crippen LogP contribution in [0.1, 0.15) is 38.5 Å². The Morgan fingerprint density at radius 1 is 1.50 bits per heavy atom. The molecule has 5 atom stereocenters. The third-order valence-corrected chi connectivity index (χ3v) is 5.68. The minimum absolute atomic E-state index is 0.0230. The van der Waals surface area contributed by atoms with Crippen LogP contribution in [0.2, 0.25) is 0 Å². The fourth-order valence-electron chi connectivity index (χ4n) is 3.03. The van der Waals surface area contributed by atoms with Gasteiger partial charge in [-0.25, -0.2) is 18.8 Å². The van der Waals surface area contributed by atoms with Gasteiger partial charge in [-0.15, -0.1) is 0 Å². The lowest BCUT2D eigenvalue weighted by molar-refractivity contribution is -0.143. The van der Waals surface area contributed by atoms with Crippen molar-refractivity contribution in [2.45, 2.75) is 58.2 Å². The largest absolute Gasteiger partial charge is 0.468 e. The number of nitrogens with one attached hydrogen (secondary N) is 2. The molecule has 1 unspecified atom stereocenters. The van der Waals surface area contributed by atoms with E-state index in [1.54, 1.807) is 0 Å². The average molecular weight is 451 g/mol. The maximum atomic E-state index is 14.4. The Morgan fingerprint density at radius 3 is 2.77 bits per heavy atom. The van der Waals surface area contributed by atoms with Crippen molar-refractivity contribution >= 4 is 13.7 Å². The minimum atomic E-state index is -4.48. The summed E-state index contributed by atoms with van der Waals surface area (Å²) in [7, 11) is -3.33. The molecule has 0 amide bonds. The number of esters is 1. The summed E-state index contributed by atoms with van der Waals surface area (Å²) >= 11 is 0. The van der Waals surface area contributed by atoms with Crippen LogP contribution in [0.5, 0.6) is 0 Å². The first-order valence-electron chi connectivity index (χ1n) is 9.38. The third kappa shape index (κ3) is 6.32. The molecule has 11 nitrogen and oxygen atoms in total. The van der Waals surface area contributed by atoms with Crippen LogP contribution in [0.4, 0.5) is 4.39 Å². The van der Waals surface area contributed by atoms with E-state index in [0.29, 0.717) is 0 Å². The zero-order chi connectivity index (χ0) is 22.6. The van der Waals surface area contributed by atoms with Crippen molar-refractivity contribution in [3.63, 3.8) is 0 Å². The van der Waals surface area contributed by atoms with Crippen LogP contribution in [0, 0.1) is 12.8 Å². The quantitative estimate of drug-likeness (QED) is 0.365. The van der Waals surface area contributed by atoms with Crippen molar-refractivity contribution in [1.29, 1.82) is 0 Å². The van der Waals surface area contributed by atoms with Crippen molar-refractivity contribution < 1.29 is 32.6 Å². The van der Waals surface area contributed by atoms with Gasteiger partial charge in [0.2, 0.25) is 0 Å². The second-order valence-corrected chi connectivity index (χ2v) is 9.07. The molecule has 30 heavy (non-hydrogen) atoms. The molecule has 1 aromatic heterocycles. The van der Waals surface area contributed by atoms with Crippen LogP contribution < -0.4 is 16.3 Å². The number of carbonyl (C=O) groups excluding carboxylic acids is 1. The number of hydrogen-bond acceptors (Lipinski definition) is 7. The molecule has 0 bridgehead atoms. The molecule has 3 N–H and O–H groups in total. The Bertz CT molecular complexity index is 917. The van der Waals surface area contributed by atoms with Gasteiger partial charge in [0.05, 0.1) is 13.7 Å². The van der Waals surface area contributed by atoms with Crippen molar-refractivity contribution in [2.75, 3.05) is 13.7 Å². The van der Waals surface area contributed by atoms with Gasteiger partial charge in [-0.2, -0.15) is 0 Å². The summed E-state index contributed by atoms with van der Waals surface area (Å²) in [5.41, 5.74) is -1.07. The van der Waals surface area contributed by atoms with E-state index in [0.717, 1.165) is 11.7 Å². The fourth-order valence-corrected chi connectivity index (χ4v) is 4.06. The summed E-state index contributed by atoms with van der Waals surface area (Å²) in [5.74, 6) is -0.704. The van der Waals surface area contributed by atoms with E-state index >= 15 is 0 Å². The number of H-pyrrole nitrogens is 1. The molecule has 2 heterocycles. The highest BCUT2D eigenvalue weighted by molar-refractivity contribution is 7.50. The number of halogens is 1. The first-order valence-corrected chi connectivity index (χ1v) is 11.0. The zero-order valence-electron chi connectivity index (χ0n) is 17.2. The van der Waals surface area contributed by atoms with Gasteiger partial charge in [0.25, 0.3) is 5.56 Å². The number of hydrogen-bond donors (Lipinski definition) is 3. The monoisotopic (exact) mass is 451 g/mol. The number of aryl methyl sites for hydroxylation is 1. The molecule has 13 heteroatoms. The van der Waals surface area contributed by atoms with E-state index in [4.69, 9.17) is 9.26 Å². The fraction of sp³-hybridized carbons (Fsp3) is 0.706. The van der Waals surface area contributed by atoms with Crippen LogP contribution in [-0.4, -0.2) is 52.4 Å². The second kappa shape index (κ2) is 9.97. The van der Waals surface area contributed by atoms with Gasteiger partial charge in [-0.3, -0.25) is 23.7 Å². The molecule has 1 saturated heterocycles. The number of methoxy groups -OCH3 is 1. The summed E-state index contributed by atoms with van der Waals surface area (Å²) in [5, 5.41) is 2.22. The standard InChI is InChI=1S/C17H27FN3O8P/c1-9(2)5-12(16(23)27-4)20-30(25,26)28-8-13-11(18)6-14(29-13)21-7-10(3)15(22)19-17(21)24/h7,9,11-14H,5-6,8H2,1-4H3,(H,19,22,24)(H2,20,25,26)/t11-,12-,13+,14+/m0/s1. The Labute approximate surface area is 172 Å². The molecule has 0 aliphatic carbocycles.